The van der Waals surface area contributed by atoms with Crippen molar-refractivity contribution in [3.05, 3.63) is 36.5 Å². The SMILES string of the molecule is CC1Oc2ccccc2N(CC(=O)Nc2ccn[nH]2)C1=O. The second-order valence-electron chi connectivity index (χ2n) is 4.67. The molecule has 2 aromatic rings. The lowest BCUT2D eigenvalue weighted by Gasteiger charge is -2.32. The first-order chi connectivity index (χ1) is 10.1. The average molecular weight is 286 g/mol. The van der Waals surface area contributed by atoms with Gasteiger partial charge in [0.05, 0.1) is 11.9 Å². The number of nitrogens with zero attached hydrogens (tertiary/aromatic N) is 2. The number of para-hydroxylation sites is 2. The van der Waals surface area contributed by atoms with Gasteiger partial charge in [0.1, 0.15) is 18.1 Å². The molecule has 1 aromatic carbocycles. The summed E-state index contributed by atoms with van der Waals surface area (Å²) >= 11 is 0. The van der Waals surface area contributed by atoms with Crippen molar-refractivity contribution >= 4 is 23.3 Å². The Morgan fingerprint density at radius 1 is 1.43 bits per heavy atom. The van der Waals surface area contributed by atoms with Gasteiger partial charge in [-0.3, -0.25) is 19.6 Å². The number of carbonyl (C=O) groups excluding carboxylic acids is 2. The Kier molecular flexibility index (Phi) is 3.31. The van der Waals surface area contributed by atoms with E-state index in [0.717, 1.165) is 0 Å². The summed E-state index contributed by atoms with van der Waals surface area (Å²) in [5, 5.41) is 9.02. The molecule has 1 atom stereocenters. The molecule has 0 aliphatic carbocycles. The van der Waals surface area contributed by atoms with Gasteiger partial charge in [0.25, 0.3) is 5.91 Å². The van der Waals surface area contributed by atoms with Gasteiger partial charge in [-0.15, -0.1) is 0 Å². The molecule has 3 rings (SSSR count). The number of hydrogen-bond acceptors (Lipinski definition) is 4. The molecule has 0 bridgehead atoms. The van der Waals surface area contributed by atoms with Gasteiger partial charge < -0.3 is 10.1 Å². The Hall–Kier alpha value is -2.83. The van der Waals surface area contributed by atoms with Crippen molar-refractivity contribution in [3.63, 3.8) is 0 Å². The molecule has 0 saturated heterocycles. The van der Waals surface area contributed by atoms with Crippen LogP contribution in [-0.2, 0) is 9.59 Å². The van der Waals surface area contributed by atoms with Crippen molar-refractivity contribution in [1.82, 2.24) is 10.2 Å². The molecule has 7 nitrogen and oxygen atoms in total. The van der Waals surface area contributed by atoms with E-state index in [1.165, 1.54) is 11.1 Å². The smallest absolute Gasteiger partial charge is 0.268 e. The van der Waals surface area contributed by atoms with Crippen LogP contribution in [-0.4, -0.2) is 34.7 Å². The molecular weight excluding hydrogens is 272 g/mol. The Balaban J connectivity index is 1.80. The first-order valence-corrected chi connectivity index (χ1v) is 6.51. The highest BCUT2D eigenvalue weighted by Gasteiger charge is 2.32. The van der Waals surface area contributed by atoms with Gasteiger partial charge in [0.2, 0.25) is 5.91 Å². The predicted molar refractivity (Wildman–Crippen MR) is 76.1 cm³/mol. The van der Waals surface area contributed by atoms with Crippen LogP contribution in [0.5, 0.6) is 5.75 Å². The zero-order valence-corrected chi connectivity index (χ0v) is 11.4. The van der Waals surface area contributed by atoms with E-state index >= 15 is 0 Å². The summed E-state index contributed by atoms with van der Waals surface area (Å²) in [7, 11) is 0. The van der Waals surface area contributed by atoms with Gasteiger partial charge in [0.15, 0.2) is 6.10 Å². The van der Waals surface area contributed by atoms with Crippen LogP contribution < -0.4 is 15.0 Å². The lowest BCUT2D eigenvalue weighted by Crippen LogP contribution is -2.47. The normalized spacial score (nSPS) is 17.1. The fourth-order valence-electron chi connectivity index (χ4n) is 2.18. The van der Waals surface area contributed by atoms with Crippen LogP contribution in [0.25, 0.3) is 0 Å². The first-order valence-electron chi connectivity index (χ1n) is 6.51. The number of fused-ring (bicyclic) bond motifs is 1. The summed E-state index contributed by atoms with van der Waals surface area (Å²) in [4.78, 5) is 25.7. The van der Waals surface area contributed by atoms with E-state index in [1.807, 2.05) is 6.07 Å². The number of H-pyrrole nitrogens is 1. The van der Waals surface area contributed by atoms with Crippen LogP contribution in [0.2, 0.25) is 0 Å². The predicted octanol–water partition coefficient (Wildman–Crippen LogP) is 1.16. The molecule has 7 heteroatoms. The molecule has 0 spiro atoms. The van der Waals surface area contributed by atoms with Crippen molar-refractivity contribution in [1.29, 1.82) is 0 Å². The largest absolute Gasteiger partial charge is 0.479 e. The molecule has 2 N–H and O–H groups in total. The number of aromatic nitrogens is 2. The molecule has 1 aliphatic rings. The average Bonchev–Trinajstić information content (AvgIpc) is 2.96. The number of hydrogen-bond donors (Lipinski definition) is 2. The summed E-state index contributed by atoms with van der Waals surface area (Å²) in [6.45, 7) is 1.58. The zero-order chi connectivity index (χ0) is 14.8. The minimum atomic E-state index is -0.611. The molecule has 0 radical (unpaired) electrons. The van der Waals surface area contributed by atoms with E-state index in [4.69, 9.17) is 4.74 Å². The van der Waals surface area contributed by atoms with Gasteiger partial charge in [-0.25, -0.2) is 0 Å². The maximum Gasteiger partial charge on any atom is 0.268 e. The van der Waals surface area contributed by atoms with Gasteiger partial charge in [-0.2, -0.15) is 5.10 Å². The minimum absolute atomic E-state index is 0.0808. The van der Waals surface area contributed by atoms with Crippen molar-refractivity contribution in [3.8, 4) is 5.75 Å². The molecular formula is C14H14N4O3. The third-order valence-corrected chi connectivity index (χ3v) is 3.15. The van der Waals surface area contributed by atoms with Gasteiger partial charge >= 0.3 is 0 Å². The molecule has 0 fully saturated rings. The van der Waals surface area contributed by atoms with Crippen LogP contribution in [0, 0.1) is 0 Å². The molecule has 1 unspecified atom stereocenters. The van der Waals surface area contributed by atoms with Gasteiger partial charge in [0, 0.05) is 6.07 Å². The van der Waals surface area contributed by atoms with Crippen LogP contribution in [0.1, 0.15) is 6.92 Å². The van der Waals surface area contributed by atoms with E-state index in [-0.39, 0.29) is 18.4 Å². The highest BCUT2D eigenvalue weighted by molar-refractivity contribution is 6.05. The van der Waals surface area contributed by atoms with Crippen molar-refractivity contribution in [2.45, 2.75) is 13.0 Å². The summed E-state index contributed by atoms with van der Waals surface area (Å²) in [6, 6.07) is 8.78. The van der Waals surface area contributed by atoms with Crippen LogP contribution in [0.15, 0.2) is 36.5 Å². The zero-order valence-electron chi connectivity index (χ0n) is 11.4. The second-order valence-corrected chi connectivity index (χ2v) is 4.67. The van der Waals surface area contributed by atoms with Crippen LogP contribution in [0.4, 0.5) is 11.5 Å². The number of rotatable bonds is 3. The van der Waals surface area contributed by atoms with E-state index in [2.05, 4.69) is 15.5 Å². The Labute approximate surface area is 120 Å². The highest BCUT2D eigenvalue weighted by atomic mass is 16.5. The van der Waals surface area contributed by atoms with Gasteiger partial charge in [-0.1, -0.05) is 12.1 Å². The third-order valence-electron chi connectivity index (χ3n) is 3.15. The molecule has 1 aromatic heterocycles. The number of ether oxygens (including phenoxy) is 1. The maximum atomic E-state index is 12.2. The number of anilines is 2. The maximum absolute atomic E-state index is 12.2. The summed E-state index contributed by atoms with van der Waals surface area (Å²) in [5.74, 6) is 0.533. The van der Waals surface area contributed by atoms with Gasteiger partial charge in [-0.05, 0) is 19.1 Å². The lowest BCUT2D eigenvalue weighted by molar-refractivity contribution is -0.127. The summed E-state index contributed by atoms with van der Waals surface area (Å²) < 4.78 is 5.52. The quantitative estimate of drug-likeness (QED) is 0.886. The molecule has 1 aliphatic heterocycles. The lowest BCUT2D eigenvalue weighted by atomic mass is 10.2. The topological polar surface area (TPSA) is 87.3 Å². The van der Waals surface area contributed by atoms with E-state index in [1.54, 1.807) is 31.2 Å². The number of amides is 2. The van der Waals surface area contributed by atoms with Crippen molar-refractivity contribution in [2.75, 3.05) is 16.8 Å². The summed E-state index contributed by atoms with van der Waals surface area (Å²) in [5.41, 5.74) is 0.598. The Morgan fingerprint density at radius 3 is 3.00 bits per heavy atom. The van der Waals surface area contributed by atoms with E-state index in [0.29, 0.717) is 17.3 Å². The third kappa shape index (κ3) is 2.58. The van der Waals surface area contributed by atoms with E-state index in [9.17, 15) is 9.59 Å². The number of nitrogens with one attached hydrogen (secondary N) is 2. The highest BCUT2D eigenvalue weighted by Crippen LogP contribution is 2.33. The van der Waals surface area contributed by atoms with Crippen LogP contribution >= 0.6 is 0 Å². The Bertz CT molecular complexity index is 669. The molecule has 21 heavy (non-hydrogen) atoms. The fraction of sp³-hybridized carbons (Fsp3) is 0.214. The Morgan fingerprint density at radius 2 is 2.24 bits per heavy atom. The van der Waals surface area contributed by atoms with Crippen LogP contribution in [0.3, 0.4) is 0 Å². The minimum Gasteiger partial charge on any atom is -0.479 e. The monoisotopic (exact) mass is 286 g/mol. The second kappa shape index (κ2) is 5.28. The van der Waals surface area contributed by atoms with Crippen molar-refractivity contribution in [2.24, 2.45) is 0 Å². The molecule has 108 valence electrons. The first kappa shape index (κ1) is 13.2. The molecule has 0 saturated carbocycles. The molecule has 2 heterocycles. The summed E-state index contributed by atoms with van der Waals surface area (Å²) in [6.07, 6.45) is 0.923. The fourth-order valence-corrected chi connectivity index (χ4v) is 2.18. The van der Waals surface area contributed by atoms with E-state index < -0.39 is 6.10 Å². The number of aromatic amines is 1. The number of carbonyl (C=O) groups is 2. The van der Waals surface area contributed by atoms with Crippen molar-refractivity contribution < 1.29 is 14.3 Å². The standard InChI is InChI=1S/C14H14N4O3/c1-9-14(20)18(10-4-2-3-5-11(10)21-9)8-13(19)16-12-6-7-15-17-12/h2-7,9H,8H2,1H3,(H2,15,16,17,19). The number of benzene rings is 1. The molecule has 2 amide bonds.